The highest BCUT2D eigenvalue weighted by atomic mass is 16.6. The standard InChI is InChI=1S/C23H37NO3/c1-23(2,3)27-22(26)24-20(17-19-13-8-5-9-14-19)21(25)16-10-15-18-11-6-4-7-12-18/h4,6-7,11-12,19-21,25H,5,8-10,13-17H2,1-3H3,(H,24,26). The first-order valence-electron chi connectivity index (χ1n) is 10.5. The second kappa shape index (κ2) is 10.7. The summed E-state index contributed by atoms with van der Waals surface area (Å²) in [6.45, 7) is 5.58. The van der Waals surface area contributed by atoms with E-state index >= 15 is 0 Å². The number of alkyl carbamates (subject to hydrolysis) is 1. The summed E-state index contributed by atoms with van der Waals surface area (Å²) < 4.78 is 5.42. The minimum atomic E-state index is -0.539. The summed E-state index contributed by atoms with van der Waals surface area (Å²) in [5.74, 6) is 0.586. The third-order valence-corrected chi connectivity index (χ3v) is 5.29. The molecule has 0 aromatic heterocycles. The van der Waals surface area contributed by atoms with E-state index in [4.69, 9.17) is 4.74 Å². The molecule has 2 unspecified atom stereocenters. The van der Waals surface area contributed by atoms with Crippen LogP contribution in [0.2, 0.25) is 0 Å². The van der Waals surface area contributed by atoms with Gasteiger partial charge < -0.3 is 15.2 Å². The molecule has 0 radical (unpaired) electrons. The zero-order valence-corrected chi connectivity index (χ0v) is 17.2. The van der Waals surface area contributed by atoms with Crippen LogP contribution in [0.15, 0.2) is 30.3 Å². The van der Waals surface area contributed by atoms with Gasteiger partial charge in [0.1, 0.15) is 5.60 Å². The fourth-order valence-corrected chi connectivity index (χ4v) is 3.91. The van der Waals surface area contributed by atoms with Crippen LogP contribution in [0.25, 0.3) is 0 Å². The van der Waals surface area contributed by atoms with E-state index in [1.54, 1.807) is 0 Å². The van der Waals surface area contributed by atoms with E-state index in [0.29, 0.717) is 12.3 Å². The van der Waals surface area contributed by atoms with Gasteiger partial charge in [0.2, 0.25) is 0 Å². The molecule has 27 heavy (non-hydrogen) atoms. The number of carbonyl (C=O) groups excluding carboxylic acids is 1. The van der Waals surface area contributed by atoms with E-state index in [-0.39, 0.29) is 6.04 Å². The topological polar surface area (TPSA) is 58.6 Å². The lowest BCUT2D eigenvalue weighted by molar-refractivity contribution is 0.0378. The molecule has 1 saturated carbocycles. The molecule has 1 aromatic carbocycles. The van der Waals surface area contributed by atoms with E-state index < -0.39 is 17.8 Å². The summed E-state index contributed by atoms with van der Waals surface area (Å²) >= 11 is 0. The maximum absolute atomic E-state index is 12.3. The summed E-state index contributed by atoms with van der Waals surface area (Å²) in [5.41, 5.74) is 0.756. The van der Waals surface area contributed by atoms with Crippen molar-refractivity contribution in [3.05, 3.63) is 35.9 Å². The van der Waals surface area contributed by atoms with E-state index in [1.807, 2.05) is 39.0 Å². The van der Waals surface area contributed by atoms with E-state index in [9.17, 15) is 9.90 Å². The van der Waals surface area contributed by atoms with Crippen LogP contribution in [0.5, 0.6) is 0 Å². The van der Waals surface area contributed by atoms with Gasteiger partial charge in [0.05, 0.1) is 12.1 Å². The molecule has 0 spiro atoms. The molecule has 1 aromatic rings. The van der Waals surface area contributed by atoms with Gasteiger partial charge in [-0.25, -0.2) is 4.79 Å². The Balaban J connectivity index is 1.88. The number of aliphatic hydroxyl groups is 1. The van der Waals surface area contributed by atoms with Gasteiger partial charge in [-0.3, -0.25) is 0 Å². The summed E-state index contributed by atoms with van der Waals surface area (Å²) in [4.78, 5) is 12.3. The SMILES string of the molecule is CC(C)(C)OC(=O)NC(CC1CCCCC1)C(O)CCCc1ccccc1. The molecule has 0 heterocycles. The maximum atomic E-state index is 12.3. The Bertz CT molecular complexity index is 546. The predicted octanol–water partition coefficient (Wildman–Crippen LogP) is 5.23. The quantitative estimate of drug-likeness (QED) is 0.654. The van der Waals surface area contributed by atoms with Crippen LogP contribution in [0.1, 0.15) is 77.7 Å². The number of carbonyl (C=O) groups is 1. The van der Waals surface area contributed by atoms with Crippen LogP contribution in [0.4, 0.5) is 4.79 Å². The number of aryl methyl sites for hydroxylation is 1. The average molecular weight is 376 g/mol. The molecule has 1 amide bonds. The Hall–Kier alpha value is -1.55. The van der Waals surface area contributed by atoms with Crippen molar-refractivity contribution in [2.24, 2.45) is 5.92 Å². The predicted molar refractivity (Wildman–Crippen MR) is 110 cm³/mol. The molecule has 2 rings (SSSR count). The molecule has 0 saturated heterocycles. The van der Waals surface area contributed by atoms with E-state index in [1.165, 1.54) is 37.7 Å². The zero-order valence-electron chi connectivity index (χ0n) is 17.2. The number of rotatable bonds is 8. The van der Waals surface area contributed by atoms with Crippen molar-refractivity contribution in [3.63, 3.8) is 0 Å². The molecule has 2 N–H and O–H groups in total. The molecule has 1 aliphatic rings. The molecule has 4 nitrogen and oxygen atoms in total. The molecule has 152 valence electrons. The number of hydrogen-bond donors (Lipinski definition) is 2. The normalized spacial score (nSPS) is 17.9. The van der Waals surface area contributed by atoms with E-state index in [2.05, 4.69) is 17.4 Å². The van der Waals surface area contributed by atoms with Gasteiger partial charge in [-0.05, 0) is 57.9 Å². The van der Waals surface area contributed by atoms with Crippen molar-refractivity contribution in [3.8, 4) is 0 Å². The van der Waals surface area contributed by atoms with Crippen LogP contribution in [0, 0.1) is 5.92 Å². The molecule has 4 heteroatoms. The number of nitrogens with one attached hydrogen (secondary N) is 1. The monoisotopic (exact) mass is 375 g/mol. The Morgan fingerprint density at radius 3 is 2.48 bits per heavy atom. The smallest absolute Gasteiger partial charge is 0.407 e. The summed E-state index contributed by atoms with van der Waals surface area (Å²) in [6.07, 6.45) is 8.62. The fourth-order valence-electron chi connectivity index (χ4n) is 3.91. The van der Waals surface area contributed by atoms with E-state index in [0.717, 1.165) is 19.3 Å². The number of hydrogen-bond acceptors (Lipinski definition) is 3. The number of benzene rings is 1. The van der Waals surface area contributed by atoms with Gasteiger partial charge in [0, 0.05) is 0 Å². The first kappa shape index (κ1) is 21.7. The lowest BCUT2D eigenvalue weighted by Gasteiger charge is -2.31. The van der Waals surface area contributed by atoms with Crippen LogP contribution in [-0.2, 0) is 11.2 Å². The molecule has 1 aliphatic carbocycles. The largest absolute Gasteiger partial charge is 0.444 e. The zero-order chi connectivity index (χ0) is 19.7. The van der Waals surface area contributed by atoms with Gasteiger partial charge in [-0.2, -0.15) is 0 Å². The third-order valence-electron chi connectivity index (χ3n) is 5.29. The second-order valence-electron chi connectivity index (χ2n) is 8.94. The van der Waals surface area contributed by atoms with Crippen LogP contribution < -0.4 is 5.32 Å². The van der Waals surface area contributed by atoms with Gasteiger partial charge in [0.25, 0.3) is 0 Å². The Labute approximate surface area is 164 Å². The highest BCUT2D eigenvalue weighted by molar-refractivity contribution is 5.68. The number of amides is 1. The Morgan fingerprint density at radius 1 is 1.19 bits per heavy atom. The summed E-state index contributed by atoms with van der Waals surface area (Å²) in [5, 5.41) is 13.8. The molecular formula is C23H37NO3. The average Bonchev–Trinajstić information content (AvgIpc) is 2.61. The number of ether oxygens (including phenoxy) is 1. The van der Waals surface area contributed by atoms with Crippen molar-refractivity contribution in [1.29, 1.82) is 0 Å². The molecule has 2 atom stereocenters. The minimum absolute atomic E-state index is 0.237. The highest BCUT2D eigenvalue weighted by Crippen LogP contribution is 2.28. The van der Waals surface area contributed by atoms with Gasteiger partial charge in [-0.15, -0.1) is 0 Å². The summed E-state index contributed by atoms with van der Waals surface area (Å²) in [7, 11) is 0. The first-order valence-corrected chi connectivity index (χ1v) is 10.5. The molecule has 1 fully saturated rings. The molecular weight excluding hydrogens is 338 g/mol. The Kier molecular flexibility index (Phi) is 8.62. The number of aliphatic hydroxyl groups excluding tert-OH is 1. The third kappa shape index (κ3) is 8.79. The molecule has 0 bridgehead atoms. The van der Waals surface area contributed by atoms with Crippen LogP contribution >= 0.6 is 0 Å². The molecule has 0 aliphatic heterocycles. The lowest BCUT2D eigenvalue weighted by atomic mass is 9.83. The second-order valence-corrected chi connectivity index (χ2v) is 8.94. The first-order chi connectivity index (χ1) is 12.8. The lowest BCUT2D eigenvalue weighted by Crippen LogP contribution is -2.46. The van der Waals surface area contributed by atoms with Crippen molar-refractivity contribution >= 4 is 6.09 Å². The van der Waals surface area contributed by atoms with Gasteiger partial charge in [0.15, 0.2) is 0 Å². The Morgan fingerprint density at radius 2 is 1.85 bits per heavy atom. The van der Waals surface area contributed by atoms with Gasteiger partial charge in [-0.1, -0.05) is 62.4 Å². The minimum Gasteiger partial charge on any atom is -0.444 e. The maximum Gasteiger partial charge on any atom is 0.407 e. The fraction of sp³-hybridized carbons (Fsp3) is 0.696. The van der Waals surface area contributed by atoms with Gasteiger partial charge >= 0.3 is 6.09 Å². The van der Waals surface area contributed by atoms with Crippen LogP contribution in [0.3, 0.4) is 0 Å². The van der Waals surface area contributed by atoms with Crippen molar-refractivity contribution in [2.75, 3.05) is 0 Å². The van der Waals surface area contributed by atoms with Crippen molar-refractivity contribution in [2.45, 2.75) is 96.3 Å². The van der Waals surface area contributed by atoms with Crippen LogP contribution in [-0.4, -0.2) is 28.9 Å². The highest BCUT2D eigenvalue weighted by Gasteiger charge is 2.27. The van der Waals surface area contributed by atoms with Crippen molar-refractivity contribution < 1.29 is 14.6 Å². The summed E-state index contributed by atoms with van der Waals surface area (Å²) in [6, 6.07) is 10.1. The van der Waals surface area contributed by atoms with Crippen molar-refractivity contribution in [1.82, 2.24) is 5.32 Å².